The Labute approximate surface area is 173 Å². The minimum Gasteiger partial charge on any atom is -0.482 e. The normalized spacial score (nSPS) is 33.4. The first-order valence-electron chi connectivity index (χ1n) is 10.2. The fourth-order valence-corrected chi connectivity index (χ4v) is 6.51. The standard InChI is InChI=1S/C20H26F3NO5S/c1-19-7-6-12-13(15(19)4-5-18(19)25)3-2-11-8-16(24-30(26,27)28)17(9-14(11)12)29-10-20(21,22)23/h8-9,12-13,15,18,24-25H,2-7,10H2,1H3,(H,26,27,28)/t12?,13?,15?,18-,19-/m0/s1. The summed E-state index contributed by atoms with van der Waals surface area (Å²) in [6, 6.07) is 2.97. The smallest absolute Gasteiger partial charge is 0.422 e. The SMILES string of the molecule is C[C@]12CCC3c4cc(OCC(F)(F)F)c(NS(=O)(=O)O)cc4CCC3C1CC[C@@H]2O. The van der Waals surface area contributed by atoms with Crippen LogP contribution in [-0.4, -0.2) is 37.0 Å². The topological polar surface area (TPSA) is 95.9 Å². The number of halogens is 3. The number of hydrogen-bond acceptors (Lipinski definition) is 4. The Morgan fingerprint density at radius 3 is 2.63 bits per heavy atom. The summed E-state index contributed by atoms with van der Waals surface area (Å²) in [5.41, 5.74) is 1.41. The number of hydrogen-bond donors (Lipinski definition) is 3. The van der Waals surface area contributed by atoms with Crippen LogP contribution in [0.1, 0.15) is 56.1 Å². The van der Waals surface area contributed by atoms with E-state index in [-0.39, 0.29) is 28.9 Å². The van der Waals surface area contributed by atoms with Crippen molar-refractivity contribution in [3.63, 3.8) is 0 Å². The molecular formula is C20H26F3NO5S. The molecule has 2 fully saturated rings. The molecule has 168 valence electrons. The number of aryl methyl sites for hydroxylation is 1. The second-order valence-electron chi connectivity index (χ2n) is 9.08. The molecule has 3 aliphatic carbocycles. The van der Waals surface area contributed by atoms with Crippen LogP contribution >= 0.6 is 0 Å². The first kappa shape index (κ1) is 21.7. The molecule has 0 amide bonds. The van der Waals surface area contributed by atoms with Gasteiger partial charge in [0, 0.05) is 0 Å². The van der Waals surface area contributed by atoms with Crippen LogP contribution < -0.4 is 9.46 Å². The minimum atomic E-state index is -4.67. The van der Waals surface area contributed by atoms with E-state index in [1.165, 1.54) is 12.1 Å². The van der Waals surface area contributed by atoms with Crippen LogP contribution in [0.25, 0.3) is 0 Å². The van der Waals surface area contributed by atoms with E-state index in [0.29, 0.717) is 18.3 Å². The molecule has 0 aromatic heterocycles. The average Bonchev–Trinajstić information content (AvgIpc) is 2.93. The molecule has 10 heteroatoms. The summed E-state index contributed by atoms with van der Waals surface area (Å²) >= 11 is 0. The summed E-state index contributed by atoms with van der Waals surface area (Å²) in [5, 5.41) is 10.5. The predicted octanol–water partition coefficient (Wildman–Crippen LogP) is 4.06. The molecule has 2 saturated carbocycles. The lowest BCUT2D eigenvalue weighted by Gasteiger charge is -2.50. The van der Waals surface area contributed by atoms with Gasteiger partial charge in [-0.05, 0) is 85.0 Å². The molecule has 3 aliphatic rings. The monoisotopic (exact) mass is 449 g/mol. The maximum atomic E-state index is 12.7. The lowest BCUT2D eigenvalue weighted by molar-refractivity contribution is -0.153. The summed E-state index contributed by atoms with van der Waals surface area (Å²) in [4.78, 5) is 0. The molecule has 4 rings (SSSR count). The first-order chi connectivity index (χ1) is 13.9. The van der Waals surface area contributed by atoms with Crippen LogP contribution in [-0.2, 0) is 16.7 Å². The zero-order valence-electron chi connectivity index (χ0n) is 16.6. The second kappa shape index (κ2) is 7.27. The van der Waals surface area contributed by atoms with E-state index in [1.807, 2.05) is 4.72 Å². The summed E-state index contributed by atoms with van der Waals surface area (Å²) in [6.07, 6.45) is -0.0216. The number of aliphatic hydroxyl groups is 1. The van der Waals surface area contributed by atoms with Gasteiger partial charge in [-0.3, -0.25) is 9.27 Å². The number of rotatable bonds is 4. The fourth-order valence-electron chi connectivity index (χ4n) is 6.07. The van der Waals surface area contributed by atoms with Gasteiger partial charge in [0.25, 0.3) is 0 Å². The van der Waals surface area contributed by atoms with E-state index in [2.05, 4.69) is 6.92 Å². The maximum Gasteiger partial charge on any atom is 0.422 e. The maximum absolute atomic E-state index is 12.7. The number of fused-ring (bicyclic) bond motifs is 5. The van der Waals surface area contributed by atoms with Crippen molar-refractivity contribution in [3.05, 3.63) is 23.3 Å². The Bertz CT molecular complexity index is 935. The van der Waals surface area contributed by atoms with Gasteiger partial charge in [0.1, 0.15) is 5.75 Å². The first-order valence-corrected chi connectivity index (χ1v) is 11.6. The number of ether oxygens (including phenoxy) is 1. The molecule has 0 saturated heterocycles. The van der Waals surface area contributed by atoms with Gasteiger partial charge in [0.15, 0.2) is 6.61 Å². The molecule has 0 heterocycles. The van der Waals surface area contributed by atoms with E-state index < -0.39 is 23.1 Å². The van der Waals surface area contributed by atoms with Crippen molar-refractivity contribution in [1.29, 1.82) is 0 Å². The van der Waals surface area contributed by atoms with Gasteiger partial charge >= 0.3 is 16.5 Å². The summed E-state index contributed by atoms with van der Waals surface area (Å²) in [7, 11) is -4.67. The highest BCUT2D eigenvalue weighted by Crippen LogP contribution is 2.61. The third-order valence-corrected chi connectivity index (χ3v) is 7.88. The molecule has 1 aromatic rings. The number of anilines is 1. The van der Waals surface area contributed by atoms with Crippen molar-refractivity contribution in [2.24, 2.45) is 17.3 Å². The molecule has 0 radical (unpaired) electrons. The second-order valence-corrected chi connectivity index (χ2v) is 10.2. The van der Waals surface area contributed by atoms with Crippen molar-refractivity contribution in [2.75, 3.05) is 11.3 Å². The molecule has 5 atom stereocenters. The zero-order chi connectivity index (χ0) is 21.9. The third kappa shape index (κ3) is 4.01. The summed E-state index contributed by atoms with van der Waals surface area (Å²) < 4.78 is 76.6. The molecule has 6 nitrogen and oxygen atoms in total. The van der Waals surface area contributed by atoms with Crippen LogP contribution in [0.3, 0.4) is 0 Å². The largest absolute Gasteiger partial charge is 0.482 e. The minimum absolute atomic E-state index is 0.124. The molecule has 3 unspecified atom stereocenters. The van der Waals surface area contributed by atoms with Crippen molar-refractivity contribution < 1.29 is 36.0 Å². The Kier molecular flexibility index (Phi) is 5.26. The van der Waals surface area contributed by atoms with Gasteiger partial charge in [-0.2, -0.15) is 21.6 Å². The molecular weight excluding hydrogens is 423 g/mol. The van der Waals surface area contributed by atoms with Crippen molar-refractivity contribution in [3.8, 4) is 5.75 Å². The van der Waals surface area contributed by atoms with Crippen LogP contribution in [0.4, 0.5) is 18.9 Å². The van der Waals surface area contributed by atoms with Crippen molar-refractivity contribution in [2.45, 2.75) is 63.6 Å². The van der Waals surface area contributed by atoms with Crippen LogP contribution in [0.15, 0.2) is 12.1 Å². The van der Waals surface area contributed by atoms with Gasteiger partial charge in [-0.25, -0.2) is 0 Å². The number of benzene rings is 1. The molecule has 0 bridgehead atoms. The molecule has 0 spiro atoms. The molecule has 0 aliphatic heterocycles. The van der Waals surface area contributed by atoms with Gasteiger partial charge in [0.05, 0.1) is 11.8 Å². The van der Waals surface area contributed by atoms with E-state index in [1.54, 1.807) is 0 Å². The van der Waals surface area contributed by atoms with E-state index >= 15 is 0 Å². The number of nitrogens with one attached hydrogen (secondary N) is 1. The third-order valence-electron chi connectivity index (χ3n) is 7.41. The van der Waals surface area contributed by atoms with Crippen LogP contribution in [0.2, 0.25) is 0 Å². The predicted molar refractivity (Wildman–Crippen MR) is 104 cm³/mol. The highest BCUT2D eigenvalue weighted by molar-refractivity contribution is 7.87. The van der Waals surface area contributed by atoms with Gasteiger partial charge < -0.3 is 9.84 Å². The lowest BCUT2D eigenvalue weighted by Crippen LogP contribution is -2.43. The van der Waals surface area contributed by atoms with Crippen molar-refractivity contribution in [1.82, 2.24) is 0 Å². The quantitative estimate of drug-likeness (QED) is 0.603. The van der Waals surface area contributed by atoms with Crippen LogP contribution in [0.5, 0.6) is 5.75 Å². The highest BCUT2D eigenvalue weighted by atomic mass is 32.2. The zero-order valence-corrected chi connectivity index (χ0v) is 17.4. The van der Waals surface area contributed by atoms with Crippen molar-refractivity contribution >= 4 is 16.0 Å². The van der Waals surface area contributed by atoms with E-state index in [4.69, 9.17) is 9.29 Å². The molecule has 3 N–H and O–H groups in total. The van der Waals surface area contributed by atoms with E-state index in [0.717, 1.165) is 43.2 Å². The Morgan fingerprint density at radius 2 is 1.97 bits per heavy atom. The molecule has 30 heavy (non-hydrogen) atoms. The number of alkyl halides is 3. The van der Waals surface area contributed by atoms with E-state index in [9.17, 15) is 26.7 Å². The average molecular weight is 449 g/mol. The number of aliphatic hydroxyl groups excluding tert-OH is 1. The molecule has 1 aromatic carbocycles. The Morgan fingerprint density at radius 1 is 1.23 bits per heavy atom. The van der Waals surface area contributed by atoms with Gasteiger partial charge in [0.2, 0.25) is 0 Å². The highest BCUT2D eigenvalue weighted by Gasteiger charge is 2.54. The van der Waals surface area contributed by atoms with Gasteiger partial charge in [-0.1, -0.05) is 6.92 Å². The lowest BCUT2D eigenvalue weighted by atomic mass is 9.55. The summed E-state index contributed by atoms with van der Waals surface area (Å²) in [6.45, 7) is 0.574. The Hall–Kier alpha value is -1.52. The fraction of sp³-hybridized carbons (Fsp3) is 0.700. The summed E-state index contributed by atoms with van der Waals surface area (Å²) in [5.74, 6) is 0.563. The Balaban J connectivity index is 1.70. The van der Waals surface area contributed by atoms with Gasteiger partial charge in [-0.15, -0.1) is 0 Å². The van der Waals surface area contributed by atoms with Crippen LogP contribution in [0, 0.1) is 17.3 Å².